The zero-order valence-electron chi connectivity index (χ0n) is 11.8. The molecule has 1 atom stereocenters. The van der Waals surface area contributed by atoms with E-state index in [1.165, 1.54) is 13.0 Å². The fourth-order valence-corrected chi connectivity index (χ4v) is 2.00. The lowest BCUT2D eigenvalue weighted by Crippen LogP contribution is -2.28. The van der Waals surface area contributed by atoms with Gasteiger partial charge < -0.3 is 5.32 Å². The molecule has 0 bridgehead atoms. The molecule has 0 spiro atoms. The maximum Gasteiger partial charge on any atom is 0.291 e. The number of nitrogens with one attached hydrogen (secondary N) is 2. The van der Waals surface area contributed by atoms with Crippen molar-refractivity contribution >= 4 is 5.91 Å². The van der Waals surface area contributed by atoms with E-state index >= 15 is 0 Å². The number of amides is 1. The average Bonchev–Trinajstić information content (AvgIpc) is 2.87. The minimum atomic E-state index is -0.827. The molecular formula is C14H16F2N4O. The van der Waals surface area contributed by atoms with Crippen molar-refractivity contribution in [2.75, 3.05) is 0 Å². The van der Waals surface area contributed by atoms with Crippen LogP contribution in [0.1, 0.15) is 48.3 Å². The Hall–Kier alpha value is -2.31. The Morgan fingerprint density at radius 2 is 2.05 bits per heavy atom. The molecule has 1 heterocycles. The summed E-state index contributed by atoms with van der Waals surface area (Å²) in [5.41, 5.74) is -0.185. The molecule has 5 nitrogen and oxygen atoms in total. The highest BCUT2D eigenvalue weighted by molar-refractivity contribution is 5.90. The molecule has 1 aromatic heterocycles. The quantitative estimate of drug-likeness (QED) is 0.890. The van der Waals surface area contributed by atoms with Crippen molar-refractivity contribution in [3.63, 3.8) is 0 Å². The maximum absolute atomic E-state index is 13.6. The molecule has 7 heteroatoms. The van der Waals surface area contributed by atoms with E-state index in [1.807, 2.05) is 6.92 Å². The Labute approximate surface area is 120 Å². The van der Waals surface area contributed by atoms with Crippen LogP contribution in [-0.2, 0) is 6.42 Å². The van der Waals surface area contributed by atoms with Crippen LogP contribution in [0.4, 0.5) is 8.78 Å². The van der Waals surface area contributed by atoms with Crippen LogP contribution in [0, 0.1) is 11.6 Å². The van der Waals surface area contributed by atoms with Gasteiger partial charge in [-0.2, -0.15) is 0 Å². The molecule has 1 unspecified atom stereocenters. The number of halogens is 2. The summed E-state index contributed by atoms with van der Waals surface area (Å²) in [6.45, 7) is 3.48. The summed E-state index contributed by atoms with van der Waals surface area (Å²) in [6, 6.07) is 2.74. The zero-order chi connectivity index (χ0) is 15.4. The summed E-state index contributed by atoms with van der Waals surface area (Å²) in [5.74, 6) is -1.42. The van der Waals surface area contributed by atoms with Crippen molar-refractivity contribution in [3.05, 3.63) is 47.0 Å². The van der Waals surface area contributed by atoms with E-state index in [4.69, 9.17) is 0 Å². The molecule has 0 saturated carbocycles. The molecule has 0 aliphatic carbocycles. The average molecular weight is 294 g/mol. The first-order valence-corrected chi connectivity index (χ1v) is 6.69. The van der Waals surface area contributed by atoms with Gasteiger partial charge in [-0.15, -0.1) is 5.10 Å². The smallest absolute Gasteiger partial charge is 0.291 e. The number of H-pyrrole nitrogens is 1. The predicted molar refractivity (Wildman–Crippen MR) is 72.6 cm³/mol. The third-order valence-corrected chi connectivity index (χ3v) is 3.00. The fourth-order valence-electron chi connectivity index (χ4n) is 2.00. The second-order valence-electron chi connectivity index (χ2n) is 4.69. The summed E-state index contributed by atoms with van der Waals surface area (Å²) in [5, 5.41) is 8.93. The number of carbonyl (C=O) groups is 1. The van der Waals surface area contributed by atoms with Crippen LogP contribution in [0.5, 0.6) is 0 Å². The number of benzene rings is 1. The number of aromatic amines is 1. The topological polar surface area (TPSA) is 70.7 Å². The second kappa shape index (κ2) is 6.43. The molecule has 112 valence electrons. The number of hydrogen-bond acceptors (Lipinski definition) is 3. The largest absolute Gasteiger partial charge is 0.343 e. The molecule has 0 saturated heterocycles. The van der Waals surface area contributed by atoms with Crippen molar-refractivity contribution in [2.24, 2.45) is 0 Å². The summed E-state index contributed by atoms with van der Waals surface area (Å²) < 4.78 is 27.3. The molecule has 0 aliphatic heterocycles. The molecule has 2 rings (SSSR count). The molecule has 1 aromatic carbocycles. The third-order valence-electron chi connectivity index (χ3n) is 3.00. The first-order chi connectivity index (χ1) is 10.0. The molecule has 2 aromatic rings. The number of nitrogens with zero attached hydrogens (tertiary/aromatic N) is 2. The van der Waals surface area contributed by atoms with Crippen molar-refractivity contribution in [1.82, 2.24) is 20.5 Å². The van der Waals surface area contributed by atoms with Gasteiger partial charge in [-0.1, -0.05) is 13.0 Å². The number of hydrogen-bond donors (Lipinski definition) is 2. The molecule has 2 N–H and O–H groups in total. The van der Waals surface area contributed by atoms with E-state index < -0.39 is 23.6 Å². The van der Waals surface area contributed by atoms with E-state index in [0.717, 1.165) is 18.6 Å². The van der Waals surface area contributed by atoms with E-state index in [1.54, 1.807) is 0 Å². The normalized spacial score (nSPS) is 12.2. The van der Waals surface area contributed by atoms with Crippen LogP contribution in [0.15, 0.2) is 18.2 Å². The van der Waals surface area contributed by atoms with Crippen molar-refractivity contribution in [2.45, 2.75) is 32.7 Å². The maximum atomic E-state index is 13.6. The minimum Gasteiger partial charge on any atom is -0.343 e. The molecule has 0 radical (unpaired) electrons. The molecule has 0 fully saturated rings. The van der Waals surface area contributed by atoms with Crippen molar-refractivity contribution < 1.29 is 13.6 Å². The fraction of sp³-hybridized carbons (Fsp3) is 0.357. The van der Waals surface area contributed by atoms with Gasteiger partial charge in [-0.3, -0.25) is 9.89 Å². The van der Waals surface area contributed by atoms with Gasteiger partial charge in [0, 0.05) is 12.0 Å². The van der Waals surface area contributed by atoms with Gasteiger partial charge in [0.05, 0.1) is 6.04 Å². The molecule has 0 aliphatic rings. The van der Waals surface area contributed by atoms with Gasteiger partial charge in [0.25, 0.3) is 5.91 Å². The highest BCUT2D eigenvalue weighted by Gasteiger charge is 2.20. The lowest BCUT2D eigenvalue weighted by Gasteiger charge is -2.14. The van der Waals surface area contributed by atoms with E-state index in [0.29, 0.717) is 12.2 Å². The van der Waals surface area contributed by atoms with Gasteiger partial charge in [0.2, 0.25) is 5.82 Å². The van der Waals surface area contributed by atoms with Gasteiger partial charge in [0.1, 0.15) is 17.5 Å². The second-order valence-corrected chi connectivity index (χ2v) is 4.69. The van der Waals surface area contributed by atoms with Gasteiger partial charge in [-0.05, 0) is 25.5 Å². The number of aromatic nitrogens is 3. The molecule has 21 heavy (non-hydrogen) atoms. The Bertz CT molecular complexity index is 621. The van der Waals surface area contributed by atoms with E-state index in [9.17, 15) is 13.6 Å². The van der Waals surface area contributed by atoms with Crippen molar-refractivity contribution in [3.8, 4) is 0 Å². The SMILES string of the molecule is CCCc1nc(C(=O)NC(C)c2c(F)cccc2F)n[nH]1. The highest BCUT2D eigenvalue weighted by atomic mass is 19.1. The van der Waals surface area contributed by atoms with Gasteiger partial charge >= 0.3 is 0 Å². The molecular weight excluding hydrogens is 278 g/mol. The third kappa shape index (κ3) is 3.42. The van der Waals surface area contributed by atoms with E-state index in [2.05, 4.69) is 20.5 Å². The Balaban J connectivity index is 2.11. The van der Waals surface area contributed by atoms with Crippen LogP contribution in [0.2, 0.25) is 0 Å². The standard InChI is InChI=1S/C14H16F2N4O/c1-3-5-11-18-13(20-19-11)14(21)17-8(2)12-9(15)6-4-7-10(12)16/h4,6-8H,3,5H2,1-2H3,(H,17,21)(H,18,19,20). The van der Waals surface area contributed by atoms with Gasteiger partial charge in [0.15, 0.2) is 0 Å². The summed E-state index contributed by atoms with van der Waals surface area (Å²) in [4.78, 5) is 16.0. The number of aryl methyl sites for hydroxylation is 1. The Morgan fingerprint density at radius 3 is 2.67 bits per heavy atom. The molecule has 1 amide bonds. The minimum absolute atomic E-state index is 0.0398. The lowest BCUT2D eigenvalue weighted by molar-refractivity contribution is 0.0928. The highest BCUT2D eigenvalue weighted by Crippen LogP contribution is 2.20. The summed E-state index contributed by atoms with van der Waals surface area (Å²) in [7, 11) is 0. The van der Waals surface area contributed by atoms with Crippen molar-refractivity contribution in [1.29, 1.82) is 0 Å². The van der Waals surface area contributed by atoms with E-state index in [-0.39, 0.29) is 11.4 Å². The first kappa shape index (κ1) is 15.1. The Morgan fingerprint density at radius 1 is 1.38 bits per heavy atom. The van der Waals surface area contributed by atoms with Crippen LogP contribution >= 0.6 is 0 Å². The Kier molecular flexibility index (Phi) is 4.62. The first-order valence-electron chi connectivity index (χ1n) is 6.69. The zero-order valence-corrected chi connectivity index (χ0v) is 11.8. The van der Waals surface area contributed by atoms with Crippen LogP contribution in [0.25, 0.3) is 0 Å². The summed E-state index contributed by atoms with van der Waals surface area (Å²) >= 11 is 0. The van der Waals surface area contributed by atoms with Gasteiger partial charge in [-0.25, -0.2) is 13.8 Å². The van der Waals surface area contributed by atoms with Crippen LogP contribution in [0.3, 0.4) is 0 Å². The van der Waals surface area contributed by atoms with Crippen LogP contribution < -0.4 is 5.32 Å². The lowest BCUT2D eigenvalue weighted by atomic mass is 10.1. The summed E-state index contributed by atoms with van der Waals surface area (Å²) in [6.07, 6.45) is 1.55. The number of rotatable bonds is 5. The predicted octanol–water partition coefficient (Wildman–Crippen LogP) is 2.53. The van der Waals surface area contributed by atoms with Crippen LogP contribution in [-0.4, -0.2) is 21.1 Å². The number of carbonyl (C=O) groups excluding carboxylic acids is 1. The monoisotopic (exact) mass is 294 g/mol.